The summed E-state index contributed by atoms with van der Waals surface area (Å²) >= 11 is 0. The average molecular weight is 313 g/mol. The molecule has 2 saturated carbocycles. The van der Waals surface area contributed by atoms with Crippen LogP contribution in [0, 0.1) is 39.4 Å². The lowest BCUT2D eigenvalue weighted by Gasteiger charge is -2.47. The van der Waals surface area contributed by atoms with Crippen molar-refractivity contribution in [2.45, 2.75) is 72.8 Å². The van der Waals surface area contributed by atoms with Crippen LogP contribution in [0.2, 0.25) is 0 Å². The van der Waals surface area contributed by atoms with Crippen molar-refractivity contribution in [2.75, 3.05) is 0 Å². The molecule has 0 spiro atoms. The summed E-state index contributed by atoms with van der Waals surface area (Å²) in [5, 5.41) is 9.42. The fraction of sp³-hybridized carbons (Fsp3) is 0.762. The van der Waals surface area contributed by atoms with Gasteiger partial charge in [-0.3, -0.25) is 0 Å². The highest BCUT2D eigenvalue weighted by Gasteiger charge is 2.68. The molecule has 126 valence electrons. The number of hydrogen-bond donors (Lipinski definition) is 0. The molecule has 0 aromatic heterocycles. The molecule has 2 heteroatoms. The highest BCUT2D eigenvalue weighted by Crippen LogP contribution is 2.71. The van der Waals surface area contributed by atoms with Crippen LogP contribution >= 0.6 is 0 Å². The zero-order valence-corrected chi connectivity index (χ0v) is 15.6. The highest BCUT2D eigenvalue weighted by atomic mass is 16.5. The fourth-order valence-electron chi connectivity index (χ4n) is 5.34. The van der Waals surface area contributed by atoms with Crippen LogP contribution in [0.4, 0.5) is 0 Å². The molecule has 3 aliphatic rings. The van der Waals surface area contributed by atoms with Crippen molar-refractivity contribution in [1.29, 1.82) is 5.26 Å². The van der Waals surface area contributed by atoms with Gasteiger partial charge in [-0.25, -0.2) is 0 Å². The molecular weight excluding hydrogens is 282 g/mol. The standard InChI is InChI=1S/C21H31NO/c1-18(2,14-22)15-8-7-9-17(12-15)23-21(6)13-16-10-11-20(21,5)19(16,3)4/h7-9,15-16H,10-13H2,1-6H3/t15-,16-,20-,21-/m1/s1. The Balaban J connectivity index is 1.80. The summed E-state index contributed by atoms with van der Waals surface area (Å²) in [4.78, 5) is 0. The van der Waals surface area contributed by atoms with Crippen molar-refractivity contribution >= 4 is 0 Å². The molecule has 0 unspecified atom stereocenters. The molecule has 0 heterocycles. The van der Waals surface area contributed by atoms with Gasteiger partial charge in [-0.1, -0.05) is 32.9 Å². The zero-order chi connectivity index (χ0) is 17.1. The summed E-state index contributed by atoms with van der Waals surface area (Å²) < 4.78 is 6.68. The Kier molecular flexibility index (Phi) is 3.53. The molecule has 0 aromatic rings. The Morgan fingerprint density at radius 3 is 2.48 bits per heavy atom. The molecule has 4 atom stereocenters. The minimum Gasteiger partial charge on any atom is -0.491 e. The predicted octanol–water partition coefficient (Wildman–Crippen LogP) is 5.62. The summed E-state index contributed by atoms with van der Waals surface area (Å²) in [6.45, 7) is 13.6. The summed E-state index contributed by atoms with van der Waals surface area (Å²) in [7, 11) is 0. The summed E-state index contributed by atoms with van der Waals surface area (Å²) in [5.41, 5.74) is 0.140. The summed E-state index contributed by atoms with van der Waals surface area (Å²) in [6.07, 6.45) is 10.9. The lowest BCUT2D eigenvalue weighted by Crippen LogP contribution is -2.47. The van der Waals surface area contributed by atoms with Crippen molar-refractivity contribution in [3.8, 4) is 6.07 Å². The van der Waals surface area contributed by atoms with E-state index in [1.54, 1.807) is 0 Å². The van der Waals surface area contributed by atoms with Gasteiger partial charge in [-0.2, -0.15) is 5.26 Å². The Labute approximate surface area is 141 Å². The quantitative estimate of drug-likeness (QED) is 0.677. The van der Waals surface area contributed by atoms with E-state index in [9.17, 15) is 5.26 Å². The van der Waals surface area contributed by atoms with Crippen LogP contribution < -0.4 is 0 Å². The first-order valence-electron chi connectivity index (χ1n) is 9.03. The third-order valence-electron chi connectivity index (χ3n) is 7.86. The molecule has 0 aromatic carbocycles. The number of ether oxygens (including phenoxy) is 1. The van der Waals surface area contributed by atoms with Crippen LogP contribution in [-0.2, 0) is 4.74 Å². The van der Waals surface area contributed by atoms with E-state index in [-0.39, 0.29) is 22.3 Å². The second-order valence-corrected chi connectivity index (χ2v) is 9.49. The fourth-order valence-corrected chi connectivity index (χ4v) is 5.34. The Hall–Kier alpha value is -1.23. The van der Waals surface area contributed by atoms with E-state index in [4.69, 9.17) is 4.74 Å². The van der Waals surface area contributed by atoms with Crippen LogP contribution in [0.1, 0.15) is 67.2 Å². The Morgan fingerprint density at radius 2 is 1.96 bits per heavy atom. The molecule has 2 nitrogen and oxygen atoms in total. The topological polar surface area (TPSA) is 33.0 Å². The number of allylic oxidation sites excluding steroid dienone is 4. The maximum atomic E-state index is 9.42. The van der Waals surface area contributed by atoms with Crippen LogP contribution in [-0.4, -0.2) is 5.60 Å². The minimum absolute atomic E-state index is 0.0855. The molecule has 3 aliphatic carbocycles. The third kappa shape index (κ3) is 2.19. The molecule has 0 radical (unpaired) electrons. The van der Waals surface area contributed by atoms with E-state index in [2.05, 4.69) is 52.0 Å². The van der Waals surface area contributed by atoms with Gasteiger partial charge < -0.3 is 4.74 Å². The second kappa shape index (κ2) is 4.88. The minimum atomic E-state index is -0.349. The van der Waals surface area contributed by atoms with Gasteiger partial charge in [0.25, 0.3) is 0 Å². The molecule has 23 heavy (non-hydrogen) atoms. The number of nitriles is 1. The van der Waals surface area contributed by atoms with E-state index >= 15 is 0 Å². The van der Waals surface area contributed by atoms with E-state index in [0.29, 0.717) is 5.41 Å². The second-order valence-electron chi connectivity index (χ2n) is 9.49. The van der Waals surface area contributed by atoms with Gasteiger partial charge in [0.15, 0.2) is 0 Å². The van der Waals surface area contributed by atoms with Gasteiger partial charge in [0.2, 0.25) is 0 Å². The van der Waals surface area contributed by atoms with Gasteiger partial charge in [-0.15, -0.1) is 0 Å². The van der Waals surface area contributed by atoms with Crippen molar-refractivity contribution in [3.05, 3.63) is 24.0 Å². The molecule has 0 amide bonds. The number of nitrogens with zero attached hydrogens (tertiary/aromatic N) is 1. The Bertz CT molecular complexity index is 606. The normalized spacial score (nSPS) is 41.5. The van der Waals surface area contributed by atoms with E-state index in [0.717, 1.165) is 24.5 Å². The van der Waals surface area contributed by atoms with Crippen molar-refractivity contribution in [3.63, 3.8) is 0 Å². The molecular formula is C21H31NO. The first-order chi connectivity index (χ1) is 10.6. The smallest absolute Gasteiger partial charge is 0.112 e. The summed E-state index contributed by atoms with van der Waals surface area (Å²) in [6, 6.07) is 2.45. The van der Waals surface area contributed by atoms with E-state index in [1.165, 1.54) is 12.8 Å². The van der Waals surface area contributed by atoms with Crippen LogP contribution in [0.15, 0.2) is 24.0 Å². The maximum Gasteiger partial charge on any atom is 0.112 e. The van der Waals surface area contributed by atoms with Gasteiger partial charge in [-0.05, 0) is 57.4 Å². The monoisotopic (exact) mass is 313 g/mol. The largest absolute Gasteiger partial charge is 0.491 e. The zero-order valence-electron chi connectivity index (χ0n) is 15.6. The molecule has 3 rings (SSSR count). The Morgan fingerprint density at radius 1 is 1.26 bits per heavy atom. The van der Waals surface area contributed by atoms with E-state index < -0.39 is 0 Å². The lowest BCUT2D eigenvalue weighted by molar-refractivity contribution is -0.0997. The van der Waals surface area contributed by atoms with Gasteiger partial charge >= 0.3 is 0 Å². The SMILES string of the molecule is CC(C)(C#N)[C@@H]1C=CC=C(O[C@]2(C)C[C@H]3CC[C@]2(C)C3(C)C)C1. The summed E-state index contributed by atoms with van der Waals surface area (Å²) in [5.74, 6) is 2.06. The average Bonchev–Trinajstić information content (AvgIpc) is 2.79. The molecule has 2 bridgehead atoms. The molecule has 0 aliphatic heterocycles. The van der Waals surface area contributed by atoms with Crippen LogP contribution in [0.5, 0.6) is 0 Å². The van der Waals surface area contributed by atoms with Crippen molar-refractivity contribution in [1.82, 2.24) is 0 Å². The number of rotatable bonds is 3. The lowest BCUT2D eigenvalue weighted by atomic mass is 9.65. The highest BCUT2D eigenvalue weighted by molar-refractivity contribution is 5.23. The first kappa shape index (κ1) is 16.6. The van der Waals surface area contributed by atoms with Crippen LogP contribution in [0.25, 0.3) is 0 Å². The first-order valence-corrected chi connectivity index (χ1v) is 9.03. The maximum absolute atomic E-state index is 9.42. The van der Waals surface area contributed by atoms with Gasteiger partial charge in [0.1, 0.15) is 5.60 Å². The molecule has 0 saturated heterocycles. The van der Waals surface area contributed by atoms with Crippen molar-refractivity contribution in [2.24, 2.45) is 28.1 Å². The molecule has 2 fully saturated rings. The number of hydrogen-bond acceptors (Lipinski definition) is 2. The van der Waals surface area contributed by atoms with Crippen LogP contribution in [0.3, 0.4) is 0 Å². The molecule has 0 N–H and O–H groups in total. The predicted molar refractivity (Wildman–Crippen MR) is 93.4 cm³/mol. The van der Waals surface area contributed by atoms with E-state index in [1.807, 2.05) is 13.8 Å². The number of fused-ring (bicyclic) bond motifs is 2. The van der Waals surface area contributed by atoms with Gasteiger partial charge in [0, 0.05) is 17.8 Å². The third-order valence-corrected chi connectivity index (χ3v) is 7.86. The van der Waals surface area contributed by atoms with Gasteiger partial charge in [0.05, 0.1) is 17.2 Å². The van der Waals surface area contributed by atoms with Crippen molar-refractivity contribution < 1.29 is 4.74 Å².